The van der Waals surface area contributed by atoms with Crippen molar-refractivity contribution in [3.05, 3.63) is 48.0 Å². The minimum Gasteiger partial charge on any atom is -0.497 e. The van der Waals surface area contributed by atoms with Gasteiger partial charge in [0.2, 0.25) is 0 Å². The third-order valence-electron chi connectivity index (χ3n) is 4.34. The van der Waals surface area contributed by atoms with Crippen LogP contribution in [0.3, 0.4) is 0 Å². The van der Waals surface area contributed by atoms with E-state index in [4.69, 9.17) is 18.6 Å². The van der Waals surface area contributed by atoms with Gasteiger partial charge in [-0.15, -0.1) is 0 Å². The fourth-order valence-electron chi connectivity index (χ4n) is 2.92. The molecule has 0 amide bonds. The molecule has 3 rings (SSSR count). The van der Waals surface area contributed by atoms with Crippen LogP contribution in [0.1, 0.15) is 24.2 Å². The van der Waals surface area contributed by atoms with Crippen LogP contribution in [0, 0.1) is 0 Å². The molecule has 7 nitrogen and oxygen atoms in total. The molecule has 0 fully saturated rings. The molecule has 0 aliphatic heterocycles. The van der Waals surface area contributed by atoms with Crippen molar-refractivity contribution >= 4 is 22.9 Å². The summed E-state index contributed by atoms with van der Waals surface area (Å²) in [5.74, 6) is 0.481. The Kier molecular flexibility index (Phi) is 6.07. The summed E-state index contributed by atoms with van der Waals surface area (Å²) in [6.45, 7) is 3.55. The van der Waals surface area contributed by atoms with Gasteiger partial charge in [0.1, 0.15) is 28.4 Å². The predicted octanol–water partition coefficient (Wildman–Crippen LogP) is 4.23. The van der Waals surface area contributed by atoms with E-state index in [1.165, 1.54) is 7.11 Å². The summed E-state index contributed by atoms with van der Waals surface area (Å²) in [4.78, 5) is 24.3. The molecule has 0 saturated heterocycles. The van der Waals surface area contributed by atoms with Gasteiger partial charge in [-0.05, 0) is 56.3 Å². The number of furan rings is 1. The maximum absolute atomic E-state index is 12.7. The molecule has 1 heterocycles. The van der Waals surface area contributed by atoms with Gasteiger partial charge in [0.05, 0.1) is 20.8 Å². The molecule has 0 aliphatic rings. The van der Waals surface area contributed by atoms with Crippen LogP contribution in [0.25, 0.3) is 22.3 Å². The van der Waals surface area contributed by atoms with Gasteiger partial charge in [-0.2, -0.15) is 0 Å². The Bertz CT molecular complexity index is 1020. The molecule has 0 radical (unpaired) electrons. The second-order valence-corrected chi connectivity index (χ2v) is 6.20. The zero-order valence-electron chi connectivity index (χ0n) is 16.7. The SMILES string of the molecule is CCOC(=O)c1c(-c2ccc(OC)cc2)oc2ccc(O[C@H](C)C(=O)OC)cc12. The second kappa shape index (κ2) is 8.68. The molecule has 7 heteroatoms. The lowest BCUT2D eigenvalue weighted by Gasteiger charge is -2.12. The number of methoxy groups -OCH3 is 2. The van der Waals surface area contributed by atoms with E-state index in [1.54, 1.807) is 63.4 Å². The van der Waals surface area contributed by atoms with Gasteiger partial charge in [0.25, 0.3) is 0 Å². The molecule has 1 aromatic heterocycles. The Morgan fingerprint density at radius 1 is 1.03 bits per heavy atom. The number of esters is 2. The molecule has 0 N–H and O–H groups in total. The molecule has 0 saturated carbocycles. The molecular formula is C22H22O7. The van der Waals surface area contributed by atoms with Crippen LogP contribution in [0.15, 0.2) is 46.9 Å². The largest absolute Gasteiger partial charge is 0.497 e. The van der Waals surface area contributed by atoms with Crippen LogP contribution < -0.4 is 9.47 Å². The van der Waals surface area contributed by atoms with E-state index < -0.39 is 18.0 Å². The number of ether oxygens (including phenoxy) is 4. The Morgan fingerprint density at radius 3 is 2.34 bits per heavy atom. The van der Waals surface area contributed by atoms with Crippen LogP contribution >= 0.6 is 0 Å². The summed E-state index contributed by atoms with van der Waals surface area (Å²) in [6, 6.07) is 12.2. The topological polar surface area (TPSA) is 84.2 Å². The van der Waals surface area contributed by atoms with Crippen LogP contribution in [-0.2, 0) is 14.3 Å². The average molecular weight is 398 g/mol. The molecule has 29 heavy (non-hydrogen) atoms. The maximum Gasteiger partial charge on any atom is 0.346 e. The summed E-state index contributed by atoms with van der Waals surface area (Å²) >= 11 is 0. The van der Waals surface area contributed by atoms with Crippen LogP contribution in [0.4, 0.5) is 0 Å². The highest BCUT2D eigenvalue weighted by Gasteiger charge is 2.24. The first-order valence-corrected chi connectivity index (χ1v) is 9.11. The van der Waals surface area contributed by atoms with Crippen LogP contribution in [0.2, 0.25) is 0 Å². The van der Waals surface area contributed by atoms with E-state index >= 15 is 0 Å². The number of hydrogen-bond donors (Lipinski definition) is 0. The molecule has 2 aromatic carbocycles. The average Bonchev–Trinajstić information content (AvgIpc) is 3.12. The van der Waals surface area contributed by atoms with Crippen molar-refractivity contribution in [2.45, 2.75) is 20.0 Å². The molecule has 0 bridgehead atoms. The number of benzene rings is 2. The lowest BCUT2D eigenvalue weighted by molar-refractivity contribution is -0.147. The fourth-order valence-corrected chi connectivity index (χ4v) is 2.92. The number of carbonyl (C=O) groups excluding carboxylic acids is 2. The van der Waals surface area contributed by atoms with E-state index in [9.17, 15) is 9.59 Å². The summed E-state index contributed by atoms with van der Waals surface area (Å²) in [5.41, 5.74) is 1.50. The Hall–Kier alpha value is -3.48. The summed E-state index contributed by atoms with van der Waals surface area (Å²) in [7, 11) is 2.87. The molecule has 152 valence electrons. The maximum atomic E-state index is 12.7. The van der Waals surface area contributed by atoms with Crippen molar-refractivity contribution in [3.8, 4) is 22.8 Å². The Balaban J connectivity index is 2.09. The van der Waals surface area contributed by atoms with Gasteiger partial charge < -0.3 is 23.4 Å². The van der Waals surface area contributed by atoms with Gasteiger partial charge in [0, 0.05) is 10.9 Å². The van der Waals surface area contributed by atoms with E-state index in [-0.39, 0.29) is 6.61 Å². The monoisotopic (exact) mass is 398 g/mol. The number of fused-ring (bicyclic) bond motifs is 1. The first kappa shape index (κ1) is 20.3. The first-order chi connectivity index (χ1) is 14.0. The van der Waals surface area contributed by atoms with E-state index in [2.05, 4.69) is 4.74 Å². The number of hydrogen-bond acceptors (Lipinski definition) is 7. The summed E-state index contributed by atoms with van der Waals surface area (Å²) in [6.07, 6.45) is -0.795. The van der Waals surface area contributed by atoms with Crippen molar-refractivity contribution in [2.75, 3.05) is 20.8 Å². The summed E-state index contributed by atoms with van der Waals surface area (Å²) in [5, 5.41) is 0.531. The third kappa shape index (κ3) is 4.18. The molecule has 3 aromatic rings. The number of rotatable bonds is 7. The van der Waals surface area contributed by atoms with Gasteiger partial charge in [-0.25, -0.2) is 9.59 Å². The van der Waals surface area contributed by atoms with Crippen LogP contribution in [0.5, 0.6) is 11.5 Å². The fraction of sp³-hybridized carbons (Fsp3) is 0.273. The lowest BCUT2D eigenvalue weighted by Crippen LogP contribution is -2.24. The lowest BCUT2D eigenvalue weighted by atomic mass is 10.1. The van der Waals surface area contributed by atoms with Crippen molar-refractivity contribution < 1.29 is 33.0 Å². The smallest absolute Gasteiger partial charge is 0.346 e. The molecule has 0 spiro atoms. The van der Waals surface area contributed by atoms with Crippen molar-refractivity contribution in [1.82, 2.24) is 0 Å². The molecular weight excluding hydrogens is 376 g/mol. The standard InChI is InChI=1S/C22H22O7/c1-5-27-22(24)19-17-12-16(28-13(2)21(23)26-4)10-11-18(17)29-20(19)14-6-8-15(25-3)9-7-14/h6-13H,5H2,1-4H3/t13-/m1/s1. The quantitative estimate of drug-likeness (QED) is 0.551. The van der Waals surface area contributed by atoms with E-state index in [0.717, 1.165) is 0 Å². The molecule has 0 unspecified atom stereocenters. The van der Waals surface area contributed by atoms with E-state index in [1.807, 2.05) is 0 Å². The highest BCUT2D eigenvalue weighted by atomic mass is 16.6. The third-order valence-corrected chi connectivity index (χ3v) is 4.34. The highest BCUT2D eigenvalue weighted by Crippen LogP contribution is 2.36. The van der Waals surface area contributed by atoms with Gasteiger partial charge in [-0.1, -0.05) is 0 Å². The van der Waals surface area contributed by atoms with Crippen molar-refractivity contribution in [1.29, 1.82) is 0 Å². The predicted molar refractivity (Wildman–Crippen MR) is 106 cm³/mol. The first-order valence-electron chi connectivity index (χ1n) is 9.11. The Labute approximate surface area is 168 Å². The minimum atomic E-state index is -0.795. The van der Waals surface area contributed by atoms with Crippen molar-refractivity contribution in [2.24, 2.45) is 0 Å². The number of carbonyl (C=O) groups is 2. The highest BCUT2D eigenvalue weighted by molar-refractivity contribution is 6.09. The Morgan fingerprint density at radius 2 is 1.72 bits per heavy atom. The van der Waals surface area contributed by atoms with Gasteiger partial charge >= 0.3 is 11.9 Å². The molecule has 0 aliphatic carbocycles. The van der Waals surface area contributed by atoms with Crippen molar-refractivity contribution in [3.63, 3.8) is 0 Å². The minimum absolute atomic E-state index is 0.225. The van der Waals surface area contributed by atoms with Crippen LogP contribution in [-0.4, -0.2) is 38.9 Å². The molecule has 1 atom stereocenters. The van der Waals surface area contributed by atoms with E-state index in [0.29, 0.717) is 39.4 Å². The van der Waals surface area contributed by atoms with Gasteiger partial charge in [0.15, 0.2) is 6.10 Å². The summed E-state index contributed by atoms with van der Waals surface area (Å²) < 4.78 is 26.7. The van der Waals surface area contributed by atoms with Gasteiger partial charge in [-0.3, -0.25) is 0 Å². The second-order valence-electron chi connectivity index (χ2n) is 6.20. The normalized spacial score (nSPS) is 11.7. The zero-order valence-corrected chi connectivity index (χ0v) is 16.7. The zero-order chi connectivity index (χ0) is 21.0.